The summed E-state index contributed by atoms with van der Waals surface area (Å²) in [4.78, 5) is 23.0. The predicted octanol–water partition coefficient (Wildman–Crippen LogP) is 3.94. The average molecular weight is 301 g/mol. The van der Waals surface area contributed by atoms with Crippen molar-refractivity contribution in [3.63, 3.8) is 0 Å². The smallest absolute Gasteiger partial charge is 0.371 e. The van der Waals surface area contributed by atoms with E-state index < -0.39 is 11.4 Å². The van der Waals surface area contributed by atoms with Crippen molar-refractivity contribution in [2.24, 2.45) is 5.41 Å². The standard InChI is InChI=1S/C17H19NO4/c1-10-5-6-11(18-16(21)17(2,3)4)9-12(10)13-7-8-14(22-13)15(19)20/h5-9H,1-4H3,(H,18,21)(H,19,20). The van der Waals surface area contributed by atoms with E-state index in [1.54, 1.807) is 12.1 Å². The van der Waals surface area contributed by atoms with E-state index in [1.807, 2.05) is 39.8 Å². The predicted molar refractivity (Wildman–Crippen MR) is 83.9 cm³/mol. The van der Waals surface area contributed by atoms with Crippen molar-refractivity contribution >= 4 is 17.6 Å². The van der Waals surface area contributed by atoms with Crippen LogP contribution in [0.25, 0.3) is 11.3 Å². The Morgan fingerprint density at radius 3 is 2.36 bits per heavy atom. The lowest BCUT2D eigenvalue weighted by molar-refractivity contribution is -0.123. The molecule has 0 atom stereocenters. The van der Waals surface area contributed by atoms with Gasteiger partial charge in [-0.05, 0) is 36.8 Å². The van der Waals surface area contributed by atoms with Gasteiger partial charge >= 0.3 is 5.97 Å². The lowest BCUT2D eigenvalue weighted by Gasteiger charge is -2.18. The zero-order valence-electron chi connectivity index (χ0n) is 13.1. The molecule has 0 aliphatic heterocycles. The number of carboxylic acids is 1. The minimum atomic E-state index is -1.11. The summed E-state index contributed by atoms with van der Waals surface area (Å²) in [7, 11) is 0. The first-order valence-electron chi connectivity index (χ1n) is 6.94. The summed E-state index contributed by atoms with van der Waals surface area (Å²) in [6.45, 7) is 7.41. The highest BCUT2D eigenvalue weighted by Gasteiger charge is 2.21. The Hall–Kier alpha value is -2.56. The first-order valence-corrected chi connectivity index (χ1v) is 6.94. The Labute approximate surface area is 129 Å². The summed E-state index contributed by atoms with van der Waals surface area (Å²) in [5.74, 6) is -0.852. The number of hydrogen-bond acceptors (Lipinski definition) is 3. The Morgan fingerprint density at radius 1 is 1.14 bits per heavy atom. The van der Waals surface area contributed by atoms with Crippen LogP contribution < -0.4 is 5.32 Å². The molecule has 0 fully saturated rings. The average Bonchev–Trinajstić information content (AvgIpc) is 2.89. The van der Waals surface area contributed by atoms with E-state index in [0.29, 0.717) is 11.4 Å². The summed E-state index contributed by atoms with van der Waals surface area (Å²) >= 11 is 0. The highest BCUT2D eigenvalue weighted by atomic mass is 16.4. The monoisotopic (exact) mass is 301 g/mol. The molecule has 2 N–H and O–H groups in total. The van der Waals surface area contributed by atoms with Crippen molar-refractivity contribution in [3.8, 4) is 11.3 Å². The van der Waals surface area contributed by atoms with Crippen LogP contribution >= 0.6 is 0 Å². The van der Waals surface area contributed by atoms with Gasteiger partial charge in [0.05, 0.1) is 0 Å². The van der Waals surface area contributed by atoms with Crippen molar-refractivity contribution in [1.82, 2.24) is 0 Å². The van der Waals surface area contributed by atoms with E-state index in [1.165, 1.54) is 6.07 Å². The molecule has 0 aliphatic rings. The lowest BCUT2D eigenvalue weighted by atomic mass is 9.95. The quantitative estimate of drug-likeness (QED) is 0.900. The van der Waals surface area contributed by atoms with Crippen LogP contribution in [-0.4, -0.2) is 17.0 Å². The number of rotatable bonds is 3. The topological polar surface area (TPSA) is 79.5 Å². The molecule has 0 bridgehead atoms. The van der Waals surface area contributed by atoms with Crippen molar-refractivity contribution in [2.75, 3.05) is 5.32 Å². The second kappa shape index (κ2) is 5.67. The molecule has 1 aromatic heterocycles. The van der Waals surface area contributed by atoms with Crippen LogP contribution in [0.1, 0.15) is 36.9 Å². The van der Waals surface area contributed by atoms with Gasteiger partial charge in [-0.2, -0.15) is 0 Å². The first-order chi connectivity index (χ1) is 10.2. The van der Waals surface area contributed by atoms with E-state index >= 15 is 0 Å². The number of furan rings is 1. The van der Waals surface area contributed by atoms with Gasteiger partial charge < -0.3 is 14.8 Å². The normalized spacial score (nSPS) is 11.3. The van der Waals surface area contributed by atoms with Crippen LogP contribution in [-0.2, 0) is 4.79 Å². The third kappa shape index (κ3) is 3.36. The molecule has 116 valence electrons. The lowest BCUT2D eigenvalue weighted by Crippen LogP contribution is -2.27. The van der Waals surface area contributed by atoms with Crippen molar-refractivity contribution in [2.45, 2.75) is 27.7 Å². The molecule has 5 heteroatoms. The van der Waals surface area contributed by atoms with Gasteiger partial charge in [0.15, 0.2) is 0 Å². The molecule has 1 amide bonds. The summed E-state index contributed by atoms with van der Waals surface area (Å²) in [5.41, 5.74) is 1.83. The van der Waals surface area contributed by atoms with Crippen molar-refractivity contribution in [3.05, 3.63) is 41.7 Å². The number of carbonyl (C=O) groups excluding carboxylic acids is 1. The number of carboxylic acid groups (broad SMARTS) is 1. The Kier molecular flexibility index (Phi) is 4.08. The van der Waals surface area contributed by atoms with E-state index in [-0.39, 0.29) is 11.7 Å². The zero-order chi connectivity index (χ0) is 16.5. The van der Waals surface area contributed by atoms with Crippen LogP contribution in [0.15, 0.2) is 34.7 Å². The van der Waals surface area contributed by atoms with Gasteiger partial charge in [0.2, 0.25) is 11.7 Å². The van der Waals surface area contributed by atoms with Crippen LogP contribution in [0.2, 0.25) is 0 Å². The molecule has 22 heavy (non-hydrogen) atoms. The maximum absolute atomic E-state index is 12.0. The van der Waals surface area contributed by atoms with Gasteiger partial charge in [-0.25, -0.2) is 4.79 Å². The number of amides is 1. The maximum Gasteiger partial charge on any atom is 0.371 e. The zero-order valence-corrected chi connectivity index (χ0v) is 13.1. The SMILES string of the molecule is Cc1ccc(NC(=O)C(C)(C)C)cc1-c1ccc(C(=O)O)o1. The number of aryl methyl sites for hydroxylation is 1. The fraction of sp³-hybridized carbons (Fsp3) is 0.294. The molecule has 0 saturated carbocycles. The third-order valence-corrected chi connectivity index (χ3v) is 3.26. The fourth-order valence-electron chi connectivity index (χ4n) is 1.88. The number of carbonyl (C=O) groups is 2. The largest absolute Gasteiger partial charge is 0.475 e. The van der Waals surface area contributed by atoms with Crippen LogP contribution in [0.3, 0.4) is 0 Å². The number of benzene rings is 1. The number of nitrogens with one attached hydrogen (secondary N) is 1. The molecule has 0 saturated heterocycles. The molecule has 5 nitrogen and oxygen atoms in total. The van der Waals surface area contributed by atoms with E-state index in [9.17, 15) is 9.59 Å². The first kappa shape index (κ1) is 15.8. The second-order valence-electron chi connectivity index (χ2n) is 6.20. The molecule has 0 radical (unpaired) electrons. The fourth-order valence-corrected chi connectivity index (χ4v) is 1.88. The molecular weight excluding hydrogens is 282 g/mol. The molecule has 2 rings (SSSR count). The summed E-state index contributed by atoms with van der Waals surface area (Å²) in [5, 5.41) is 11.8. The third-order valence-electron chi connectivity index (χ3n) is 3.26. The van der Waals surface area contributed by atoms with E-state index in [4.69, 9.17) is 9.52 Å². The minimum absolute atomic E-state index is 0.0898. The van der Waals surface area contributed by atoms with Gasteiger partial charge in [0, 0.05) is 16.7 Å². The summed E-state index contributed by atoms with van der Waals surface area (Å²) < 4.78 is 5.33. The summed E-state index contributed by atoms with van der Waals surface area (Å²) in [6.07, 6.45) is 0. The number of anilines is 1. The van der Waals surface area contributed by atoms with Gasteiger partial charge in [-0.3, -0.25) is 4.79 Å². The molecule has 0 unspecified atom stereocenters. The molecule has 0 aliphatic carbocycles. The molecule has 1 heterocycles. The minimum Gasteiger partial charge on any atom is -0.475 e. The highest BCUT2D eigenvalue weighted by molar-refractivity contribution is 5.95. The van der Waals surface area contributed by atoms with E-state index in [0.717, 1.165) is 11.1 Å². The molecular formula is C17H19NO4. The Morgan fingerprint density at radius 2 is 1.82 bits per heavy atom. The van der Waals surface area contributed by atoms with Gasteiger partial charge in [-0.1, -0.05) is 26.8 Å². The number of hydrogen-bond donors (Lipinski definition) is 2. The maximum atomic E-state index is 12.0. The van der Waals surface area contributed by atoms with E-state index in [2.05, 4.69) is 5.32 Å². The summed E-state index contributed by atoms with van der Waals surface area (Å²) in [6, 6.07) is 8.47. The van der Waals surface area contributed by atoms with Gasteiger partial charge in [0.25, 0.3) is 0 Å². The van der Waals surface area contributed by atoms with Crippen molar-refractivity contribution < 1.29 is 19.1 Å². The van der Waals surface area contributed by atoms with Gasteiger partial charge in [-0.15, -0.1) is 0 Å². The Bertz CT molecular complexity index is 723. The van der Waals surface area contributed by atoms with Crippen LogP contribution in [0.4, 0.5) is 5.69 Å². The second-order valence-corrected chi connectivity index (χ2v) is 6.20. The molecule has 1 aromatic carbocycles. The Balaban J connectivity index is 2.34. The van der Waals surface area contributed by atoms with Gasteiger partial charge in [0.1, 0.15) is 5.76 Å². The van der Waals surface area contributed by atoms with Crippen LogP contribution in [0.5, 0.6) is 0 Å². The van der Waals surface area contributed by atoms with Crippen molar-refractivity contribution in [1.29, 1.82) is 0 Å². The molecule has 0 spiro atoms. The molecule has 2 aromatic rings. The van der Waals surface area contributed by atoms with Crippen LogP contribution in [0, 0.1) is 12.3 Å². The highest BCUT2D eigenvalue weighted by Crippen LogP contribution is 2.29. The number of aromatic carboxylic acids is 1.